The van der Waals surface area contributed by atoms with Crippen molar-refractivity contribution in [3.05, 3.63) is 71.2 Å². The van der Waals surface area contributed by atoms with E-state index >= 15 is 0 Å². The second-order valence-electron chi connectivity index (χ2n) is 15.6. The number of carbonyl (C=O) groups excluding carboxylic acids is 2. The third-order valence-corrected chi connectivity index (χ3v) is 9.78. The normalized spacial score (nSPS) is 16.0. The van der Waals surface area contributed by atoms with Gasteiger partial charge in [0, 0.05) is 23.3 Å². The summed E-state index contributed by atoms with van der Waals surface area (Å²) in [6, 6.07) is 16.6. The molecule has 0 atom stereocenters. The average Bonchev–Trinajstić information content (AvgIpc) is 3.89. The van der Waals surface area contributed by atoms with Crippen molar-refractivity contribution in [2.75, 3.05) is 0 Å². The molecule has 0 unspecified atom stereocenters. The van der Waals surface area contributed by atoms with Crippen molar-refractivity contribution < 1.29 is 28.1 Å². The number of carbonyl (C=O) groups is 2. The first-order chi connectivity index (χ1) is 22.9. The standard InChI is InChI=1S/C40H48N2O6/c1-39(2,3)28-16-17-31(36-22-30(48-42-36)24-46-38(44)26-13-9-10-14-26)32(20-28)33-19-27(15-18-34(33)40(4,5)6)35-21-29(47-41-35)23-45-37(43)25-11-7-8-12-25/h15-22,25-26H,7-14,23-24H2,1-6H3. The molecule has 0 amide bonds. The Morgan fingerprint density at radius 3 is 1.73 bits per heavy atom. The van der Waals surface area contributed by atoms with Crippen LogP contribution in [0.4, 0.5) is 0 Å². The van der Waals surface area contributed by atoms with Crippen molar-refractivity contribution >= 4 is 11.9 Å². The number of ether oxygens (including phenoxy) is 2. The fourth-order valence-electron chi connectivity index (χ4n) is 6.91. The number of hydrogen-bond donors (Lipinski definition) is 0. The quantitative estimate of drug-likeness (QED) is 0.165. The van der Waals surface area contributed by atoms with Gasteiger partial charge < -0.3 is 18.5 Å². The monoisotopic (exact) mass is 652 g/mol. The molecule has 2 aliphatic carbocycles. The van der Waals surface area contributed by atoms with E-state index in [9.17, 15) is 9.59 Å². The van der Waals surface area contributed by atoms with Crippen molar-refractivity contribution in [2.45, 2.75) is 117 Å². The Kier molecular flexibility index (Phi) is 9.64. The highest BCUT2D eigenvalue weighted by Crippen LogP contribution is 2.42. The van der Waals surface area contributed by atoms with E-state index in [2.05, 4.69) is 88.3 Å². The molecule has 254 valence electrons. The van der Waals surface area contributed by atoms with Gasteiger partial charge >= 0.3 is 11.9 Å². The molecule has 4 aromatic rings. The van der Waals surface area contributed by atoms with E-state index in [1.807, 2.05) is 12.1 Å². The summed E-state index contributed by atoms with van der Waals surface area (Å²) in [4.78, 5) is 25.0. The summed E-state index contributed by atoms with van der Waals surface area (Å²) < 4.78 is 22.5. The van der Waals surface area contributed by atoms with Gasteiger partial charge in [-0.05, 0) is 70.9 Å². The highest BCUT2D eigenvalue weighted by Gasteiger charge is 2.28. The fraction of sp³-hybridized carbons (Fsp3) is 0.500. The van der Waals surface area contributed by atoms with E-state index in [-0.39, 0.29) is 47.8 Å². The zero-order valence-corrected chi connectivity index (χ0v) is 29.2. The van der Waals surface area contributed by atoms with Crippen LogP contribution < -0.4 is 0 Å². The average molecular weight is 653 g/mol. The maximum atomic E-state index is 12.6. The van der Waals surface area contributed by atoms with Gasteiger partial charge in [-0.2, -0.15) is 0 Å². The molecule has 6 rings (SSSR count). The van der Waals surface area contributed by atoms with E-state index in [0.717, 1.165) is 73.6 Å². The Morgan fingerprint density at radius 1 is 0.646 bits per heavy atom. The van der Waals surface area contributed by atoms with Crippen LogP contribution in [0.1, 0.15) is 116 Å². The third kappa shape index (κ3) is 7.58. The van der Waals surface area contributed by atoms with Crippen LogP contribution in [0.5, 0.6) is 0 Å². The van der Waals surface area contributed by atoms with Gasteiger partial charge in [-0.1, -0.05) is 102 Å². The molecule has 8 heteroatoms. The SMILES string of the molecule is CC(C)(C)c1ccc(-c2cc(COC(=O)C3CCCC3)on2)c(-c2cc(-c3cc(COC(=O)C4CCCC4)on3)ccc2C(C)(C)C)c1. The molecule has 2 aromatic carbocycles. The lowest BCUT2D eigenvalue weighted by atomic mass is 9.78. The minimum Gasteiger partial charge on any atom is -0.457 e. The number of nitrogens with zero attached hydrogens (tertiary/aromatic N) is 2. The molecule has 2 heterocycles. The van der Waals surface area contributed by atoms with Crippen molar-refractivity contribution in [1.82, 2.24) is 10.3 Å². The molecule has 2 aliphatic rings. The van der Waals surface area contributed by atoms with Gasteiger partial charge in [-0.3, -0.25) is 9.59 Å². The lowest BCUT2D eigenvalue weighted by Crippen LogP contribution is -2.14. The zero-order chi connectivity index (χ0) is 34.1. The molecule has 0 aliphatic heterocycles. The summed E-state index contributed by atoms with van der Waals surface area (Å²) in [6.45, 7) is 13.4. The Labute approximate surface area is 283 Å². The molecule has 2 fully saturated rings. The Bertz CT molecular complexity index is 1760. The summed E-state index contributed by atoms with van der Waals surface area (Å²) in [6.07, 6.45) is 7.87. The van der Waals surface area contributed by atoms with Gasteiger partial charge in [0.15, 0.2) is 24.7 Å². The number of esters is 2. The minimum absolute atomic E-state index is 0.00862. The highest BCUT2D eigenvalue weighted by atomic mass is 16.6. The van der Waals surface area contributed by atoms with Crippen LogP contribution in [0, 0.1) is 11.8 Å². The molecule has 2 aromatic heterocycles. The molecular weight excluding hydrogens is 604 g/mol. The Balaban J connectivity index is 1.33. The summed E-state index contributed by atoms with van der Waals surface area (Å²) in [7, 11) is 0. The molecule has 0 radical (unpaired) electrons. The minimum atomic E-state index is -0.171. The first-order valence-corrected chi connectivity index (χ1v) is 17.4. The first kappa shape index (κ1) is 33.7. The van der Waals surface area contributed by atoms with E-state index in [1.54, 1.807) is 0 Å². The fourth-order valence-corrected chi connectivity index (χ4v) is 6.91. The summed E-state index contributed by atoms with van der Waals surface area (Å²) in [5.74, 6) is 0.685. The van der Waals surface area contributed by atoms with Crippen LogP contribution in [-0.4, -0.2) is 22.3 Å². The summed E-state index contributed by atoms with van der Waals surface area (Å²) in [5.41, 5.74) is 7.32. The topological polar surface area (TPSA) is 105 Å². The molecule has 0 bridgehead atoms. The van der Waals surface area contributed by atoms with Crippen molar-refractivity contribution in [3.8, 4) is 33.6 Å². The van der Waals surface area contributed by atoms with Gasteiger partial charge in [-0.25, -0.2) is 0 Å². The zero-order valence-electron chi connectivity index (χ0n) is 29.2. The maximum absolute atomic E-state index is 12.6. The molecule has 2 saturated carbocycles. The van der Waals surface area contributed by atoms with Crippen molar-refractivity contribution in [1.29, 1.82) is 0 Å². The smallest absolute Gasteiger partial charge is 0.309 e. The third-order valence-electron chi connectivity index (χ3n) is 9.78. The maximum Gasteiger partial charge on any atom is 0.309 e. The molecule has 48 heavy (non-hydrogen) atoms. The van der Waals surface area contributed by atoms with E-state index in [0.29, 0.717) is 22.9 Å². The van der Waals surface area contributed by atoms with Crippen LogP contribution in [-0.2, 0) is 43.1 Å². The molecule has 8 nitrogen and oxygen atoms in total. The molecule has 0 saturated heterocycles. The van der Waals surface area contributed by atoms with Crippen LogP contribution in [0.2, 0.25) is 0 Å². The Hall–Kier alpha value is -4.20. The van der Waals surface area contributed by atoms with Gasteiger partial charge in [0.2, 0.25) is 0 Å². The van der Waals surface area contributed by atoms with Gasteiger partial charge in [0.1, 0.15) is 11.4 Å². The molecular formula is C40H48N2O6. The number of rotatable bonds is 9. The van der Waals surface area contributed by atoms with Crippen LogP contribution in [0.15, 0.2) is 57.6 Å². The van der Waals surface area contributed by atoms with Crippen LogP contribution >= 0.6 is 0 Å². The van der Waals surface area contributed by atoms with Gasteiger partial charge in [-0.15, -0.1) is 0 Å². The highest BCUT2D eigenvalue weighted by molar-refractivity contribution is 5.87. The van der Waals surface area contributed by atoms with Crippen LogP contribution in [0.3, 0.4) is 0 Å². The molecule has 0 N–H and O–H groups in total. The summed E-state index contributed by atoms with van der Waals surface area (Å²) >= 11 is 0. The second kappa shape index (κ2) is 13.7. The predicted octanol–water partition coefficient (Wildman–Crippen LogP) is 9.73. The predicted molar refractivity (Wildman–Crippen MR) is 184 cm³/mol. The van der Waals surface area contributed by atoms with E-state index in [4.69, 9.17) is 18.5 Å². The van der Waals surface area contributed by atoms with Gasteiger partial charge in [0.05, 0.1) is 11.8 Å². The summed E-state index contributed by atoms with van der Waals surface area (Å²) in [5, 5.41) is 8.80. The van der Waals surface area contributed by atoms with E-state index < -0.39 is 0 Å². The Morgan fingerprint density at radius 2 is 1.19 bits per heavy atom. The number of aromatic nitrogens is 2. The first-order valence-electron chi connectivity index (χ1n) is 17.4. The van der Waals surface area contributed by atoms with Crippen molar-refractivity contribution in [2.24, 2.45) is 11.8 Å². The van der Waals surface area contributed by atoms with Crippen molar-refractivity contribution in [3.63, 3.8) is 0 Å². The number of benzene rings is 2. The number of hydrogen-bond acceptors (Lipinski definition) is 8. The largest absolute Gasteiger partial charge is 0.457 e. The lowest BCUT2D eigenvalue weighted by molar-refractivity contribution is -0.151. The van der Waals surface area contributed by atoms with Gasteiger partial charge in [0.25, 0.3) is 0 Å². The van der Waals surface area contributed by atoms with E-state index in [1.165, 1.54) is 11.1 Å². The lowest BCUT2D eigenvalue weighted by Gasteiger charge is -2.26. The second-order valence-corrected chi connectivity index (χ2v) is 15.6. The molecule has 0 spiro atoms. The van der Waals surface area contributed by atoms with Crippen LogP contribution in [0.25, 0.3) is 33.6 Å².